The third-order valence-corrected chi connectivity index (χ3v) is 4.62. The van der Waals surface area contributed by atoms with Gasteiger partial charge < -0.3 is 15.2 Å². The molecule has 170 valence electrons. The highest BCUT2D eigenvalue weighted by Gasteiger charge is 2.31. The van der Waals surface area contributed by atoms with Crippen molar-refractivity contribution < 1.29 is 27.8 Å². The number of hydrogen-bond acceptors (Lipinski definition) is 6. The van der Waals surface area contributed by atoms with Gasteiger partial charge in [-0.15, -0.1) is 13.2 Å². The molecule has 0 saturated carbocycles. The Morgan fingerprint density at radius 3 is 2.41 bits per heavy atom. The van der Waals surface area contributed by atoms with Crippen molar-refractivity contribution in [3.8, 4) is 28.4 Å². The van der Waals surface area contributed by atoms with Gasteiger partial charge in [0.25, 0.3) is 5.91 Å². The first-order chi connectivity index (χ1) is 15.1. The Bertz CT molecular complexity index is 1080. The Labute approximate surface area is 182 Å². The minimum Gasteiger partial charge on any atom is -0.406 e. The normalized spacial score (nSPS) is 12.6. The first-order valence-electron chi connectivity index (χ1n) is 9.71. The summed E-state index contributed by atoms with van der Waals surface area (Å²) in [6.07, 6.45) is -1.59. The molecule has 0 unspecified atom stereocenters. The standard InChI is InChI=1S/C21H22F3N5O3/c1-12(2)18(11-30)28-20(31)17-8-16(26-19(27-17)14-9-25-29(3)10-14)13-4-6-15(7-5-13)32-21(22,23)24/h4-10,12,18,30H,11H2,1-3H3,(H,28,31)/t18-/m1/s1. The van der Waals surface area contributed by atoms with Gasteiger partial charge in [0.05, 0.1) is 30.1 Å². The minimum absolute atomic E-state index is 0.00997. The van der Waals surface area contributed by atoms with Gasteiger partial charge in [0.2, 0.25) is 0 Å². The molecule has 0 aliphatic rings. The molecule has 32 heavy (non-hydrogen) atoms. The first kappa shape index (κ1) is 23.2. The second kappa shape index (κ2) is 9.35. The van der Waals surface area contributed by atoms with Gasteiger partial charge in [0.15, 0.2) is 5.82 Å². The maximum absolute atomic E-state index is 12.8. The van der Waals surface area contributed by atoms with Gasteiger partial charge >= 0.3 is 6.36 Å². The van der Waals surface area contributed by atoms with Crippen LogP contribution in [0.1, 0.15) is 24.3 Å². The molecule has 2 N–H and O–H groups in total. The van der Waals surface area contributed by atoms with E-state index in [0.29, 0.717) is 16.8 Å². The number of benzene rings is 1. The minimum atomic E-state index is -4.80. The lowest BCUT2D eigenvalue weighted by atomic mass is 10.1. The number of halogens is 3. The first-order valence-corrected chi connectivity index (χ1v) is 9.71. The van der Waals surface area contributed by atoms with Gasteiger partial charge in [-0.1, -0.05) is 13.8 Å². The quantitative estimate of drug-likeness (QED) is 0.575. The molecule has 0 spiro atoms. The number of aromatic nitrogens is 4. The van der Waals surface area contributed by atoms with E-state index in [9.17, 15) is 23.1 Å². The van der Waals surface area contributed by atoms with Crippen LogP contribution in [-0.4, -0.2) is 49.8 Å². The van der Waals surface area contributed by atoms with Gasteiger partial charge in [0.1, 0.15) is 11.4 Å². The van der Waals surface area contributed by atoms with Crippen LogP contribution in [0.25, 0.3) is 22.6 Å². The predicted molar refractivity (Wildman–Crippen MR) is 110 cm³/mol. The largest absolute Gasteiger partial charge is 0.573 e. The van der Waals surface area contributed by atoms with Crippen molar-refractivity contribution in [3.63, 3.8) is 0 Å². The van der Waals surface area contributed by atoms with Crippen molar-refractivity contribution >= 4 is 5.91 Å². The number of aliphatic hydroxyl groups is 1. The number of carbonyl (C=O) groups is 1. The number of rotatable bonds is 7. The highest BCUT2D eigenvalue weighted by atomic mass is 19.4. The summed E-state index contributed by atoms with van der Waals surface area (Å²) in [5.74, 6) is -0.669. The second-order valence-corrected chi connectivity index (χ2v) is 7.44. The van der Waals surface area contributed by atoms with E-state index in [1.54, 1.807) is 17.9 Å². The fourth-order valence-electron chi connectivity index (χ4n) is 2.87. The molecule has 0 aliphatic heterocycles. The van der Waals surface area contributed by atoms with E-state index in [-0.39, 0.29) is 29.8 Å². The molecule has 3 rings (SSSR count). The number of nitrogens with one attached hydrogen (secondary N) is 1. The molecule has 2 heterocycles. The number of aryl methyl sites for hydroxylation is 1. The molecule has 11 heteroatoms. The highest BCUT2D eigenvalue weighted by Crippen LogP contribution is 2.27. The van der Waals surface area contributed by atoms with Crippen molar-refractivity contribution in [2.24, 2.45) is 13.0 Å². The van der Waals surface area contributed by atoms with Crippen molar-refractivity contribution in [1.82, 2.24) is 25.1 Å². The van der Waals surface area contributed by atoms with E-state index >= 15 is 0 Å². The Kier molecular flexibility index (Phi) is 6.78. The van der Waals surface area contributed by atoms with Gasteiger partial charge in [0, 0.05) is 18.8 Å². The molecule has 0 saturated heterocycles. The molecule has 0 bridgehead atoms. The monoisotopic (exact) mass is 449 g/mol. The average Bonchev–Trinajstić information content (AvgIpc) is 3.17. The van der Waals surface area contributed by atoms with Crippen LogP contribution in [0, 0.1) is 5.92 Å². The van der Waals surface area contributed by atoms with Crippen molar-refractivity contribution in [1.29, 1.82) is 0 Å². The zero-order valence-corrected chi connectivity index (χ0v) is 17.6. The van der Waals surface area contributed by atoms with Crippen LogP contribution in [0.3, 0.4) is 0 Å². The van der Waals surface area contributed by atoms with Crippen molar-refractivity contribution in [2.45, 2.75) is 26.3 Å². The number of ether oxygens (including phenoxy) is 1. The van der Waals surface area contributed by atoms with Gasteiger partial charge in [-0.3, -0.25) is 9.48 Å². The maximum atomic E-state index is 12.8. The summed E-state index contributed by atoms with van der Waals surface area (Å²) in [4.78, 5) is 21.6. The SMILES string of the molecule is CC(C)[C@@H](CO)NC(=O)c1cc(-c2ccc(OC(F)(F)F)cc2)nc(-c2cnn(C)c2)n1. The maximum Gasteiger partial charge on any atom is 0.573 e. The van der Waals surface area contributed by atoms with Crippen LogP contribution in [-0.2, 0) is 7.05 Å². The smallest absolute Gasteiger partial charge is 0.406 e. The highest BCUT2D eigenvalue weighted by molar-refractivity contribution is 5.94. The van der Waals surface area contributed by atoms with Crippen molar-refractivity contribution in [2.75, 3.05) is 6.61 Å². The lowest BCUT2D eigenvalue weighted by Gasteiger charge is -2.19. The molecule has 0 aliphatic carbocycles. The summed E-state index contributed by atoms with van der Waals surface area (Å²) in [5, 5.41) is 16.3. The van der Waals surface area contributed by atoms with E-state index in [2.05, 4.69) is 25.1 Å². The number of nitrogens with zero attached hydrogens (tertiary/aromatic N) is 4. The fraction of sp³-hybridized carbons (Fsp3) is 0.333. The number of carbonyl (C=O) groups excluding carboxylic acids is 1. The molecule has 1 aromatic carbocycles. The predicted octanol–water partition coefficient (Wildman–Crippen LogP) is 3.19. The van der Waals surface area contributed by atoms with Crippen LogP contribution in [0.4, 0.5) is 13.2 Å². The van der Waals surface area contributed by atoms with Crippen LogP contribution in [0.15, 0.2) is 42.7 Å². The Morgan fingerprint density at radius 1 is 1.19 bits per heavy atom. The van der Waals surface area contributed by atoms with E-state index in [1.165, 1.54) is 24.4 Å². The molecule has 8 nitrogen and oxygen atoms in total. The van der Waals surface area contributed by atoms with Crippen LogP contribution < -0.4 is 10.1 Å². The van der Waals surface area contributed by atoms with Crippen LogP contribution >= 0.6 is 0 Å². The third-order valence-electron chi connectivity index (χ3n) is 4.62. The van der Waals surface area contributed by atoms with Gasteiger partial charge in [-0.25, -0.2) is 9.97 Å². The third kappa shape index (κ3) is 5.82. The summed E-state index contributed by atoms with van der Waals surface area (Å²) in [5.41, 5.74) is 1.39. The molecule has 0 fully saturated rings. The van der Waals surface area contributed by atoms with Crippen LogP contribution in [0.5, 0.6) is 5.75 Å². The van der Waals surface area contributed by atoms with Gasteiger partial charge in [-0.2, -0.15) is 5.10 Å². The fourth-order valence-corrected chi connectivity index (χ4v) is 2.87. The summed E-state index contributed by atoms with van der Waals surface area (Å²) >= 11 is 0. The average molecular weight is 449 g/mol. The summed E-state index contributed by atoms with van der Waals surface area (Å²) in [6.45, 7) is 3.48. The van der Waals surface area contributed by atoms with E-state index in [4.69, 9.17) is 0 Å². The van der Waals surface area contributed by atoms with Gasteiger partial charge in [-0.05, 0) is 36.2 Å². The molecule has 1 amide bonds. The van der Waals surface area contributed by atoms with Crippen LogP contribution in [0.2, 0.25) is 0 Å². The number of alkyl halides is 3. The summed E-state index contributed by atoms with van der Waals surface area (Å²) in [7, 11) is 1.72. The molecule has 1 atom stereocenters. The molecular formula is C21H22F3N5O3. The van der Waals surface area contributed by atoms with Crippen molar-refractivity contribution in [3.05, 3.63) is 48.4 Å². The number of hydrogen-bond donors (Lipinski definition) is 2. The lowest BCUT2D eigenvalue weighted by molar-refractivity contribution is -0.274. The second-order valence-electron chi connectivity index (χ2n) is 7.44. The van der Waals surface area contributed by atoms with E-state index < -0.39 is 18.3 Å². The molecule has 2 aromatic heterocycles. The van der Waals surface area contributed by atoms with E-state index in [1.807, 2.05) is 13.8 Å². The lowest BCUT2D eigenvalue weighted by Crippen LogP contribution is -2.41. The molecular weight excluding hydrogens is 427 g/mol. The zero-order chi connectivity index (χ0) is 23.5. The molecule has 0 radical (unpaired) electrons. The molecule has 3 aromatic rings. The summed E-state index contributed by atoms with van der Waals surface area (Å²) < 4.78 is 42.7. The Hall–Kier alpha value is -3.47. The topological polar surface area (TPSA) is 102 Å². The number of aliphatic hydroxyl groups excluding tert-OH is 1. The zero-order valence-electron chi connectivity index (χ0n) is 17.6. The Balaban J connectivity index is 2.00. The number of amides is 1. The Morgan fingerprint density at radius 2 is 1.88 bits per heavy atom. The van der Waals surface area contributed by atoms with E-state index in [0.717, 1.165) is 12.1 Å². The summed E-state index contributed by atoms with van der Waals surface area (Å²) in [6, 6.07) is 6.10.